The molecule has 2 N–H and O–H groups in total. The highest BCUT2D eigenvalue weighted by Crippen LogP contribution is 2.28. The summed E-state index contributed by atoms with van der Waals surface area (Å²) in [6.07, 6.45) is 2.07. The molecule has 2 aliphatic rings. The summed E-state index contributed by atoms with van der Waals surface area (Å²) in [6, 6.07) is 0. The van der Waals surface area contributed by atoms with Crippen molar-refractivity contribution in [2.45, 2.75) is 12.3 Å². The number of rotatable bonds is 2. The van der Waals surface area contributed by atoms with Crippen LogP contribution in [-0.2, 0) is 4.74 Å². The molecule has 0 aromatic rings. The molecule has 2 saturated heterocycles. The molecular formula is C6H9NO2S. The molecule has 0 aliphatic carbocycles. The molecule has 0 radical (unpaired) electrons. The maximum Gasteiger partial charge on any atom is 0.160 e. The fraction of sp³-hybridized carbons (Fsp3) is 0.667. The first kappa shape index (κ1) is 6.67. The van der Waals surface area contributed by atoms with Crippen molar-refractivity contribution in [3.8, 4) is 0 Å². The number of ether oxygens (including phenoxy) is 1. The lowest BCUT2D eigenvalue weighted by Gasteiger charge is -2.14. The minimum atomic E-state index is -0.141. The van der Waals surface area contributed by atoms with Gasteiger partial charge in [-0.3, -0.25) is 0 Å². The molecule has 2 atom stereocenters. The number of epoxide rings is 1. The Kier molecular flexibility index (Phi) is 1.69. The highest BCUT2D eigenvalue weighted by molar-refractivity contribution is 8.01. The standard InChI is InChI=1S/C6H9NO2S/c8-7-6-5(9-6)1-4-2-10-3-4/h1,5-8H,2-3H2. The molecule has 2 rings (SSSR count). The van der Waals surface area contributed by atoms with Gasteiger partial charge in [0.2, 0.25) is 0 Å². The smallest absolute Gasteiger partial charge is 0.160 e. The lowest BCUT2D eigenvalue weighted by atomic mass is 10.2. The fourth-order valence-corrected chi connectivity index (χ4v) is 1.54. The molecule has 56 valence electrons. The van der Waals surface area contributed by atoms with Crippen LogP contribution < -0.4 is 5.48 Å². The van der Waals surface area contributed by atoms with Gasteiger partial charge in [-0.15, -0.1) is 0 Å². The predicted molar refractivity (Wildman–Crippen MR) is 39.0 cm³/mol. The summed E-state index contributed by atoms with van der Waals surface area (Å²) in [5.41, 5.74) is 3.51. The lowest BCUT2D eigenvalue weighted by Crippen LogP contribution is -2.14. The number of thioether (sulfide) groups is 1. The van der Waals surface area contributed by atoms with Crippen molar-refractivity contribution in [3.63, 3.8) is 0 Å². The van der Waals surface area contributed by atoms with Crippen LogP contribution in [0.4, 0.5) is 0 Å². The van der Waals surface area contributed by atoms with Crippen LogP contribution in [0, 0.1) is 0 Å². The molecule has 0 saturated carbocycles. The largest absolute Gasteiger partial charge is 0.347 e. The van der Waals surface area contributed by atoms with Gasteiger partial charge in [0, 0.05) is 11.5 Å². The Labute approximate surface area is 63.4 Å². The van der Waals surface area contributed by atoms with Gasteiger partial charge in [0.15, 0.2) is 6.23 Å². The highest BCUT2D eigenvalue weighted by Gasteiger charge is 2.37. The first-order valence-corrected chi connectivity index (χ1v) is 4.38. The second kappa shape index (κ2) is 2.54. The summed E-state index contributed by atoms with van der Waals surface area (Å²) in [5, 5.41) is 8.37. The zero-order valence-corrected chi connectivity index (χ0v) is 6.23. The summed E-state index contributed by atoms with van der Waals surface area (Å²) in [6.45, 7) is 0. The van der Waals surface area contributed by atoms with Crippen molar-refractivity contribution in [1.82, 2.24) is 5.48 Å². The van der Waals surface area contributed by atoms with Crippen LogP contribution in [-0.4, -0.2) is 29.0 Å². The van der Waals surface area contributed by atoms with Gasteiger partial charge in [0.1, 0.15) is 6.10 Å². The second-order valence-corrected chi connectivity index (χ2v) is 3.45. The molecule has 2 aliphatic heterocycles. The van der Waals surface area contributed by atoms with E-state index in [0.29, 0.717) is 0 Å². The van der Waals surface area contributed by atoms with Crippen molar-refractivity contribution < 1.29 is 9.94 Å². The molecule has 0 aromatic carbocycles. The topological polar surface area (TPSA) is 44.8 Å². The first-order valence-electron chi connectivity index (χ1n) is 3.22. The van der Waals surface area contributed by atoms with Crippen LogP contribution in [0.25, 0.3) is 0 Å². The van der Waals surface area contributed by atoms with Crippen LogP contribution in [0.2, 0.25) is 0 Å². The molecule has 2 heterocycles. The normalized spacial score (nSPS) is 37.1. The quantitative estimate of drug-likeness (QED) is 0.347. The second-order valence-electron chi connectivity index (χ2n) is 2.47. The van der Waals surface area contributed by atoms with E-state index in [9.17, 15) is 0 Å². The third kappa shape index (κ3) is 1.20. The van der Waals surface area contributed by atoms with E-state index in [1.165, 1.54) is 5.57 Å². The Morgan fingerprint density at radius 3 is 2.90 bits per heavy atom. The van der Waals surface area contributed by atoms with Gasteiger partial charge in [0.05, 0.1) is 0 Å². The Morgan fingerprint density at radius 2 is 2.50 bits per heavy atom. The van der Waals surface area contributed by atoms with Crippen molar-refractivity contribution in [3.05, 3.63) is 11.6 Å². The third-order valence-electron chi connectivity index (χ3n) is 1.63. The third-order valence-corrected chi connectivity index (χ3v) is 2.78. The Morgan fingerprint density at radius 1 is 1.70 bits per heavy atom. The maximum absolute atomic E-state index is 8.37. The van der Waals surface area contributed by atoms with Gasteiger partial charge in [-0.1, -0.05) is 11.6 Å². The average Bonchev–Trinajstić information content (AvgIpc) is 2.57. The highest BCUT2D eigenvalue weighted by atomic mass is 32.2. The molecule has 3 nitrogen and oxygen atoms in total. The molecule has 2 unspecified atom stereocenters. The molecule has 0 amide bonds. The molecule has 0 spiro atoms. The summed E-state index contributed by atoms with van der Waals surface area (Å²) >= 11 is 1.92. The average molecular weight is 159 g/mol. The summed E-state index contributed by atoms with van der Waals surface area (Å²) in [7, 11) is 0. The zero-order valence-electron chi connectivity index (χ0n) is 5.41. The summed E-state index contributed by atoms with van der Waals surface area (Å²) < 4.78 is 5.03. The van der Waals surface area contributed by atoms with E-state index in [4.69, 9.17) is 9.94 Å². The van der Waals surface area contributed by atoms with E-state index in [2.05, 4.69) is 11.6 Å². The van der Waals surface area contributed by atoms with E-state index in [1.807, 2.05) is 11.8 Å². The van der Waals surface area contributed by atoms with Gasteiger partial charge in [-0.05, 0) is 0 Å². The Hall–Kier alpha value is -0.0300. The molecular weight excluding hydrogens is 150 g/mol. The number of hydrogen-bond acceptors (Lipinski definition) is 4. The van der Waals surface area contributed by atoms with Crippen molar-refractivity contribution in [2.75, 3.05) is 11.5 Å². The minimum Gasteiger partial charge on any atom is -0.347 e. The fourth-order valence-electron chi connectivity index (χ4n) is 0.903. The van der Waals surface area contributed by atoms with Gasteiger partial charge >= 0.3 is 0 Å². The molecule has 2 fully saturated rings. The van der Waals surface area contributed by atoms with Crippen LogP contribution in [0.15, 0.2) is 11.6 Å². The SMILES string of the molecule is ONC1OC1C=C1CSC1. The first-order chi connectivity index (χ1) is 4.90. The van der Waals surface area contributed by atoms with E-state index in [0.717, 1.165) is 11.5 Å². The van der Waals surface area contributed by atoms with Gasteiger partial charge in [0.25, 0.3) is 0 Å². The molecule has 0 bridgehead atoms. The van der Waals surface area contributed by atoms with Crippen molar-refractivity contribution >= 4 is 11.8 Å². The molecule has 4 heteroatoms. The zero-order chi connectivity index (χ0) is 6.97. The number of hydrogen-bond donors (Lipinski definition) is 2. The maximum atomic E-state index is 8.37. The number of hydroxylamine groups is 1. The van der Waals surface area contributed by atoms with Crippen molar-refractivity contribution in [2.24, 2.45) is 0 Å². The Balaban J connectivity index is 1.81. The van der Waals surface area contributed by atoms with Crippen LogP contribution in [0.1, 0.15) is 0 Å². The summed E-state index contributed by atoms with van der Waals surface area (Å²) in [5.74, 6) is 2.27. The Bertz CT molecular complexity index is 165. The van der Waals surface area contributed by atoms with Crippen molar-refractivity contribution in [1.29, 1.82) is 0 Å². The molecule has 0 aromatic heterocycles. The van der Waals surface area contributed by atoms with Crippen LogP contribution in [0.3, 0.4) is 0 Å². The minimum absolute atomic E-state index is 0.126. The predicted octanol–water partition coefficient (Wildman–Crippen LogP) is 0.363. The summed E-state index contributed by atoms with van der Waals surface area (Å²) in [4.78, 5) is 0. The number of nitrogens with one attached hydrogen (secondary N) is 1. The van der Waals surface area contributed by atoms with Crippen LogP contribution in [0.5, 0.6) is 0 Å². The van der Waals surface area contributed by atoms with Gasteiger partial charge in [-0.25, -0.2) is 0 Å². The lowest BCUT2D eigenvalue weighted by molar-refractivity contribution is 0.119. The van der Waals surface area contributed by atoms with E-state index < -0.39 is 0 Å². The van der Waals surface area contributed by atoms with Crippen LogP contribution >= 0.6 is 11.8 Å². The monoisotopic (exact) mass is 159 g/mol. The van der Waals surface area contributed by atoms with E-state index in [1.54, 1.807) is 0 Å². The van der Waals surface area contributed by atoms with Gasteiger partial charge in [-0.2, -0.15) is 17.2 Å². The van der Waals surface area contributed by atoms with E-state index >= 15 is 0 Å². The molecule has 10 heavy (non-hydrogen) atoms. The van der Waals surface area contributed by atoms with E-state index in [-0.39, 0.29) is 12.3 Å². The van der Waals surface area contributed by atoms with Gasteiger partial charge < -0.3 is 9.94 Å².